The molecule has 0 unspecified atom stereocenters. The smallest absolute Gasteiger partial charge is 0.261 e. The van der Waals surface area contributed by atoms with Crippen molar-refractivity contribution in [1.82, 2.24) is 5.32 Å². The molecular weight excluding hydrogens is 392 g/mol. The van der Waals surface area contributed by atoms with E-state index in [9.17, 15) is 13.2 Å². The Morgan fingerprint density at radius 2 is 1.79 bits per heavy atom. The van der Waals surface area contributed by atoms with Gasteiger partial charge in [-0.3, -0.25) is 9.52 Å². The second-order valence-corrected chi connectivity index (χ2v) is 9.20. The molecule has 0 saturated heterocycles. The molecule has 0 aliphatic carbocycles. The fraction of sp³-hybridized carbons (Fsp3) is 0.190. The highest BCUT2D eigenvalue weighted by Crippen LogP contribution is 2.21. The number of hydrogen-bond donors (Lipinski definition) is 2. The van der Waals surface area contributed by atoms with E-state index in [1.807, 2.05) is 36.6 Å². The molecule has 7 heteroatoms. The van der Waals surface area contributed by atoms with Crippen molar-refractivity contribution in [3.8, 4) is 0 Å². The summed E-state index contributed by atoms with van der Waals surface area (Å²) in [5, 5.41) is 4.87. The van der Waals surface area contributed by atoms with Gasteiger partial charge in [-0.1, -0.05) is 30.3 Å². The first kappa shape index (κ1) is 20.1. The molecule has 0 fully saturated rings. The zero-order valence-corrected chi connectivity index (χ0v) is 17.4. The number of thiophene rings is 1. The Labute approximate surface area is 169 Å². The highest BCUT2D eigenvalue weighted by atomic mass is 32.2. The van der Waals surface area contributed by atoms with E-state index < -0.39 is 10.0 Å². The number of rotatable bonds is 7. The van der Waals surface area contributed by atoms with E-state index in [-0.39, 0.29) is 10.8 Å². The van der Waals surface area contributed by atoms with Crippen LogP contribution in [-0.4, -0.2) is 20.9 Å². The molecule has 0 radical (unpaired) electrons. The van der Waals surface area contributed by atoms with Crippen LogP contribution in [0.5, 0.6) is 0 Å². The molecule has 28 heavy (non-hydrogen) atoms. The van der Waals surface area contributed by atoms with Gasteiger partial charge in [-0.2, -0.15) is 0 Å². The van der Waals surface area contributed by atoms with Crippen molar-refractivity contribution in [2.45, 2.75) is 25.2 Å². The summed E-state index contributed by atoms with van der Waals surface area (Å²) >= 11 is 1.64. The van der Waals surface area contributed by atoms with Crippen LogP contribution in [0.15, 0.2) is 64.9 Å². The maximum Gasteiger partial charge on any atom is 0.261 e. The first-order chi connectivity index (χ1) is 13.4. The minimum atomic E-state index is -3.79. The fourth-order valence-electron chi connectivity index (χ4n) is 2.75. The zero-order valence-electron chi connectivity index (χ0n) is 15.7. The number of para-hydroxylation sites is 1. The highest BCUT2D eigenvalue weighted by molar-refractivity contribution is 7.92. The van der Waals surface area contributed by atoms with Crippen LogP contribution in [0.4, 0.5) is 5.69 Å². The quantitative estimate of drug-likeness (QED) is 0.610. The van der Waals surface area contributed by atoms with Crippen molar-refractivity contribution in [1.29, 1.82) is 0 Å². The molecule has 3 rings (SSSR count). The van der Waals surface area contributed by atoms with Gasteiger partial charge in [0.25, 0.3) is 15.9 Å². The van der Waals surface area contributed by atoms with Crippen molar-refractivity contribution in [2.24, 2.45) is 0 Å². The first-order valence-electron chi connectivity index (χ1n) is 8.86. The summed E-state index contributed by atoms with van der Waals surface area (Å²) in [5.41, 5.74) is 2.43. The molecule has 0 aliphatic rings. The average molecular weight is 415 g/mol. The van der Waals surface area contributed by atoms with Gasteiger partial charge in [-0.25, -0.2) is 8.42 Å². The van der Waals surface area contributed by atoms with Gasteiger partial charge in [0.1, 0.15) is 0 Å². The second-order valence-electron chi connectivity index (χ2n) is 6.48. The van der Waals surface area contributed by atoms with Gasteiger partial charge < -0.3 is 5.32 Å². The van der Waals surface area contributed by atoms with Gasteiger partial charge in [-0.05, 0) is 61.0 Å². The van der Waals surface area contributed by atoms with E-state index in [0.29, 0.717) is 17.8 Å². The lowest BCUT2D eigenvalue weighted by Gasteiger charge is -2.13. The normalized spacial score (nSPS) is 11.2. The van der Waals surface area contributed by atoms with E-state index in [0.717, 1.165) is 17.5 Å². The number of carbonyl (C=O) groups is 1. The lowest BCUT2D eigenvalue weighted by atomic mass is 10.1. The van der Waals surface area contributed by atoms with E-state index in [4.69, 9.17) is 0 Å². The van der Waals surface area contributed by atoms with E-state index >= 15 is 0 Å². The Morgan fingerprint density at radius 1 is 1.00 bits per heavy atom. The fourth-order valence-corrected chi connectivity index (χ4v) is 4.62. The SMILES string of the molecule is Cc1ccccc1NS(=O)(=O)c1ccc(C)c(C(=O)NCCc2cccs2)c1. The van der Waals surface area contributed by atoms with Gasteiger partial charge >= 0.3 is 0 Å². The molecule has 1 amide bonds. The number of hydrogen-bond acceptors (Lipinski definition) is 4. The van der Waals surface area contributed by atoms with Crippen LogP contribution in [-0.2, 0) is 16.4 Å². The zero-order chi connectivity index (χ0) is 20.1. The third-order valence-corrected chi connectivity index (χ3v) is 6.69. The Hall–Kier alpha value is -2.64. The standard InChI is InChI=1S/C21H22N2O3S2/c1-15-9-10-18(28(25,26)23-20-8-4-3-6-16(20)2)14-19(15)21(24)22-12-11-17-7-5-13-27-17/h3-10,13-14,23H,11-12H2,1-2H3,(H,22,24). The number of anilines is 1. The summed E-state index contributed by atoms with van der Waals surface area (Å²) in [6.45, 7) is 4.12. The average Bonchev–Trinajstić information content (AvgIpc) is 3.17. The van der Waals surface area contributed by atoms with Gasteiger partial charge in [0.15, 0.2) is 0 Å². The van der Waals surface area contributed by atoms with Crippen molar-refractivity contribution in [2.75, 3.05) is 11.3 Å². The number of nitrogens with one attached hydrogen (secondary N) is 2. The lowest BCUT2D eigenvalue weighted by Crippen LogP contribution is -2.26. The largest absolute Gasteiger partial charge is 0.352 e. The number of sulfonamides is 1. The molecular formula is C21H22N2O3S2. The predicted molar refractivity (Wildman–Crippen MR) is 114 cm³/mol. The summed E-state index contributed by atoms with van der Waals surface area (Å²) < 4.78 is 28.1. The minimum absolute atomic E-state index is 0.0600. The molecule has 0 bridgehead atoms. The van der Waals surface area contributed by atoms with E-state index in [1.54, 1.807) is 36.5 Å². The van der Waals surface area contributed by atoms with E-state index in [2.05, 4.69) is 10.0 Å². The summed E-state index contributed by atoms with van der Waals surface area (Å²) in [6, 6.07) is 15.7. The maximum absolute atomic E-state index is 12.8. The third-order valence-electron chi connectivity index (χ3n) is 4.39. The highest BCUT2D eigenvalue weighted by Gasteiger charge is 2.18. The van der Waals surface area contributed by atoms with Crippen LogP contribution in [0, 0.1) is 13.8 Å². The number of aryl methyl sites for hydroxylation is 2. The topological polar surface area (TPSA) is 75.3 Å². The lowest BCUT2D eigenvalue weighted by molar-refractivity contribution is 0.0953. The summed E-state index contributed by atoms with van der Waals surface area (Å²) in [6.07, 6.45) is 0.745. The first-order valence-corrected chi connectivity index (χ1v) is 11.2. The van der Waals surface area contributed by atoms with Crippen LogP contribution in [0.2, 0.25) is 0 Å². The van der Waals surface area contributed by atoms with Crippen LogP contribution in [0.25, 0.3) is 0 Å². The Kier molecular flexibility index (Phi) is 6.16. The number of benzene rings is 2. The Morgan fingerprint density at radius 3 is 2.50 bits per heavy atom. The molecule has 1 aromatic heterocycles. The van der Waals surface area contributed by atoms with Gasteiger partial charge in [-0.15, -0.1) is 11.3 Å². The molecule has 3 aromatic rings. The van der Waals surface area contributed by atoms with Crippen molar-refractivity contribution < 1.29 is 13.2 Å². The number of amides is 1. The molecule has 5 nitrogen and oxygen atoms in total. The third kappa shape index (κ3) is 4.79. The maximum atomic E-state index is 12.8. The molecule has 146 valence electrons. The molecule has 0 spiro atoms. The van der Waals surface area contributed by atoms with Crippen LogP contribution < -0.4 is 10.0 Å². The summed E-state index contributed by atoms with van der Waals surface area (Å²) in [7, 11) is -3.79. The molecule has 2 aromatic carbocycles. The summed E-state index contributed by atoms with van der Waals surface area (Å²) in [4.78, 5) is 13.8. The summed E-state index contributed by atoms with van der Waals surface area (Å²) in [5.74, 6) is -0.276. The van der Waals surface area contributed by atoms with Crippen molar-refractivity contribution in [3.63, 3.8) is 0 Å². The molecule has 0 saturated carbocycles. The van der Waals surface area contributed by atoms with E-state index in [1.165, 1.54) is 17.0 Å². The Balaban J connectivity index is 1.76. The van der Waals surface area contributed by atoms with Gasteiger partial charge in [0, 0.05) is 17.0 Å². The van der Waals surface area contributed by atoms with Crippen LogP contribution in [0.1, 0.15) is 26.4 Å². The van der Waals surface area contributed by atoms with Gasteiger partial charge in [0.05, 0.1) is 10.6 Å². The Bertz CT molecular complexity index is 1070. The number of carbonyl (C=O) groups excluding carboxylic acids is 1. The minimum Gasteiger partial charge on any atom is -0.352 e. The molecule has 0 aliphatic heterocycles. The monoisotopic (exact) mass is 414 g/mol. The van der Waals surface area contributed by atoms with Gasteiger partial charge in [0.2, 0.25) is 0 Å². The molecule has 1 heterocycles. The van der Waals surface area contributed by atoms with Crippen molar-refractivity contribution in [3.05, 3.63) is 81.5 Å². The van der Waals surface area contributed by atoms with Crippen LogP contribution in [0.3, 0.4) is 0 Å². The molecule has 0 atom stereocenters. The van der Waals surface area contributed by atoms with Crippen LogP contribution >= 0.6 is 11.3 Å². The molecule has 2 N–H and O–H groups in total. The second kappa shape index (κ2) is 8.58. The predicted octanol–water partition coefficient (Wildman–Crippen LogP) is 4.14. The van der Waals surface area contributed by atoms with Crippen molar-refractivity contribution >= 4 is 33.0 Å².